The second kappa shape index (κ2) is 7.16. The third kappa shape index (κ3) is 3.50. The number of hydrogen-bond acceptors (Lipinski definition) is 5. The Bertz CT molecular complexity index is 794. The summed E-state index contributed by atoms with van der Waals surface area (Å²) in [5.74, 6) is 0.280. The van der Waals surface area contributed by atoms with Gasteiger partial charge in [-0.2, -0.15) is 5.10 Å². The molecule has 0 radical (unpaired) electrons. The molecule has 1 aliphatic heterocycles. The van der Waals surface area contributed by atoms with E-state index in [0.717, 1.165) is 30.2 Å². The van der Waals surface area contributed by atoms with Gasteiger partial charge in [0.1, 0.15) is 5.69 Å². The second-order valence-electron chi connectivity index (χ2n) is 6.10. The molecule has 3 rings (SSSR count). The Balaban J connectivity index is 1.93. The van der Waals surface area contributed by atoms with Crippen molar-refractivity contribution in [2.75, 3.05) is 24.1 Å². The van der Waals surface area contributed by atoms with Gasteiger partial charge in [-0.1, -0.05) is 29.8 Å². The summed E-state index contributed by atoms with van der Waals surface area (Å²) < 4.78 is 0. The quantitative estimate of drug-likeness (QED) is 0.618. The molecule has 1 aliphatic rings. The van der Waals surface area contributed by atoms with Crippen LogP contribution in [-0.4, -0.2) is 34.6 Å². The number of benzene rings is 1. The molecule has 1 aromatic carbocycles. The number of aromatic nitrogens is 2. The van der Waals surface area contributed by atoms with Crippen molar-refractivity contribution in [2.24, 2.45) is 0 Å². The summed E-state index contributed by atoms with van der Waals surface area (Å²) in [5.41, 5.74) is 8.93. The average molecular weight is 343 g/mol. The molecule has 0 amide bonds. The van der Waals surface area contributed by atoms with Crippen LogP contribution >= 0.6 is 8.86 Å². The highest BCUT2D eigenvalue weighted by molar-refractivity contribution is 7.23. The van der Waals surface area contributed by atoms with E-state index in [1.165, 1.54) is 5.56 Å². The maximum Gasteiger partial charge on any atom is 0.288 e. The van der Waals surface area contributed by atoms with Crippen LogP contribution in [0.3, 0.4) is 0 Å². The lowest BCUT2D eigenvalue weighted by Gasteiger charge is -2.17. The first-order chi connectivity index (χ1) is 11.6. The Morgan fingerprint density at radius 3 is 2.83 bits per heavy atom. The van der Waals surface area contributed by atoms with E-state index in [-0.39, 0.29) is 11.4 Å². The Kier molecular flexibility index (Phi) is 4.97. The number of H-pyrrole nitrogens is 1. The molecule has 6 nitrogen and oxygen atoms in total. The third-order valence-corrected chi connectivity index (χ3v) is 4.83. The normalized spacial score (nSPS) is 17.0. The molecule has 1 aromatic heterocycles. The van der Waals surface area contributed by atoms with Crippen LogP contribution in [0.5, 0.6) is 0 Å². The van der Waals surface area contributed by atoms with Gasteiger partial charge in [0.2, 0.25) is 0 Å². The highest BCUT2D eigenvalue weighted by Crippen LogP contribution is 2.22. The van der Waals surface area contributed by atoms with Crippen LogP contribution in [0, 0.1) is 6.92 Å². The van der Waals surface area contributed by atoms with Gasteiger partial charge in [-0.25, -0.2) is 5.10 Å². The molecule has 1 saturated heterocycles. The maximum absolute atomic E-state index is 12.3. The fourth-order valence-corrected chi connectivity index (χ4v) is 3.33. The number of nitrogens with one attached hydrogen (secondary N) is 3. The van der Waals surface area contributed by atoms with Crippen molar-refractivity contribution in [1.29, 1.82) is 0 Å². The van der Waals surface area contributed by atoms with Crippen molar-refractivity contribution in [3.05, 3.63) is 51.3 Å². The average Bonchev–Trinajstić information content (AvgIpc) is 3.09. The fourth-order valence-electron chi connectivity index (χ4n) is 2.91. The largest absolute Gasteiger partial charge is 0.382 e. The third-order valence-electron chi connectivity index (χ3n) is 4.29. The molecular weight excluding hydrogens is 321 g/mol. The number of nitrogens with zero attached hydrogens (tertiary/aromatic N) is 1. The Morgan fingerprint density at radius 1 is 1.42 bits per heavy atom. The van der Waals surface area contributed by atoms with Gasteiger partial charge >= 0.3 is 0 Å². The number of anilines is 2. The van der Waals surface area contributed by atoms with Crippen molar-refractivity contribution >= 4 is 25.7 Å². The number of hydrogen-bond donors (Lipinski definition) is 4. The predicted molar refractivity (Wildman–Crippen MR) is 101 cm³/mol. The molecule has 0 bridgehead atoms. The Morgan fingerprint density at radius 2 is 2.17 bits per heavy atom. The number of aromatic amines is 1. The summed E-state index contributed by atoms with van der Waals surface area (Å²) in [4.78, 5) is 12.3. The number of aryl methyl sites for hydroxylation is 1. The topological polar surface area (TPSA) is 95.8 Å². The Labute approximate surface area is 143 Å². The first-order valence-corrected chi connectivity index (χ1v) is 8.57. The van der Waals surface area contributed by atoms with E-state index >= 15 is 0 Å². The summed E-state index contributed by atoms with van der Waals surface area (Å²) in [6.07, 6.45) is 2.26. The summed E-state index contributed by atoms with van der Waals surface area (Å²) in [6.45, 7) is 3.72. The highest BCUT2D eigenvalue weighted by atomic mass is 31.0. The van der Waals surface area contributed by atoms with Crippen LogP contribution in [0.15, 0.2) is 29.1 Å². The Hall–Kier alpha value is -2.17. The van der Waals surface area contributed by atoms with E-state index in [4.69, 9.17) is 5.73 Å². The summed E-state index contributed by atoms with van der Waals surface area (Å²) >= 11 is 0. The highest BCUT2D eigenvalue weighted by Gasteiger charge is 2.19. The van der Waals surface area contributed by atoms with Crippen LogP contribution in [0.25, 0.3) is 0 Å². The van der Waals surface area contributed by atoms with Crippen molar-refractivity contribution in [2.45, 2.75) is 25.8 Å². The zero-order valence-corrected chi connectivity index (χ0v) is 14.6. The minimum atomic E-state index is -0.278. The molecule has 1 unspecified atom stereocenters. The van der Waals surface area contributed by atoms with Crippen molar-refractivity contribution in [1.82, 2.24) is 15.5 Å². The summed E-state index contributed by atoms with van der Waals surface area (Å²) in [6, 6.07) is 8.37. The summed E-state index contributed by atoms with van der Waals surface area (Å²) in [5, 5.41) is 13.8. The van der Waals surface area contributed by atoms with Gasteiger partial charge < -0.3 is 16.4 Å². The lowest BCUT2D eigenvalue weighted by atomic mass is 10.0. The zero-order chi connectivity index (χ0) is 17.1. The van der Waals surface area contributed by atoms with E-state index in [2.05, 4.69) is 29.7 Å². The van der Waals surface area contributed by atoms with Gasteiger partial charge in [0, 0.05) is 17.9 Å². The smallest absolute Gasteiger partial charge is 0.288 e. The fraction of sp³-hybridized carbons (Fsp3) is 0.353. The lowest BCUT2D eigenvalue weighted by molar-refractivity contribution is 0.633. The first-order valence-electron chi connectivity index (χ1n) is 8.07. The van der Waals surface area contributed by atoms with E-state index in [1.807, 2.05) is 31.2 Å². The minimum Gasteiger partial charge on any atom is -0.382 e. The maximum atomic E-state index is 12.3. The van der Waals surface area contributed by atoms with Gasteiger partial charge in [-0.15, -0.1) is 8.86 Å². The molecule has 0 saturated carbocycles. The number of rotatable bonds is 5. The van der Waals surface area contributed by atoms with Crippen molar-refractivity contribution in [3.63, 3.8) is 0 Å². The van der Waals surface area contributed by atoms with Crippen molar-refractivity contribution in [3.8, 4) is 0 Å². The number of nitrogens with two attached hydrogens (primary N) is 1. The summed E-state index contributed by atoms with van der Waals surface area (Å²) in [7, 11) is 3.66. The minimum absolute atomic E-state index is 0.278. The second-order valence-corrected chi connectivity index (χ2v) is 6.60. The molecule has 1 fully saturated rings. The van der Waals surface area contributed by atoms with Crippen LogP contribution in [-0.2, 0) is 0 Å². The monoisotopic (exact) mass is 343 g/mol. The van der Waals surface area contributed by atoms with E-state index < -0.39 is 0 Å². The molecule has 0 spiro atoms. The predicted octanol–water partition coefficient (Wildman–Crippen LogP) is 1.54. The molecule has 2 heterocycles. The van der Waals surface area contributed by atoms with Crippen LogP contribution < -0.4 is 21.9 Å². The molecule has 24 heavy (non-hydrogen) atoms. The van der Waals surface area contributed by atoms with Gasteiger partial charge in [-0.3, -0.25) is 4.79 Å². The van der Waals surface area contributed by atoms with Gasteiger partial charge in [0.05, 0.1) is 5.56 Å². The molecule has 1 atom stereocenters. The van der Waals surface area contributed by atoms with E-state index in [0.29, 0.717) is 23.8 Å². The van der Waals surface area contributed by atoms with Crippen LogP contribution in [0.4, 0.5) is 11.5 Å². The van der Waals surface area contributed by atoms with Crippen LogP contribution in [0.2, 0.25) is 0 Å². The first kappa shape index (κ1) is 16.7. The molecule has 0 aliphatic carbocycles. The van der Waals surface area contributed by atoms with E-state index in [1.54, 1.807) is 0 Å². The lowest BCUT2D eigenvalue weighted by Crippen LogP contribution is -2.32. The van der Waals surface area contributed by atoms with Gasteiger partial charge in [0.15, 0.2) is 5.82 Å². The molecule has 2 aromatic rings. The van der Waals surface area contributed by atoms with E-state index in [9.17, 15) is 4.79 Å². The molecular formula is C17H22N5OP. The number of nitrogen functional groups attached to an aromatic ring is 1. The van der Waals surface area contributed by atoms with Gasteiger partial charge in [0.25, 0.3) is 5.56 Å². The standard InChI is InChI=1S/C17H22N5OP/c1-10-4-6-11(7-5-10)15(24)13-14(17(23)22-21-16(13)18)20-9-12-3-2-8-19-12/h4-7,12,19,24H,2-3,8-9H2,1H3,(H,22,23)(H3,18,20,21). The zero-order valence-electron chi connectivity index (χ0n) is 13.6. The molecule has 126 valence electrons. The molecule has 7 heteroatoms. The molecule has 5 N–H and O–H groups in total. The van der Waals surface area contributed by atoms with Gasteiger partial charge in [-0.05, 0) is 31.9 Å². The van der Waals surface area contributed by atoms with Crippen molar-refractivity contribution < 1.29 is 0 Å². The SMILES string of the molecule is Cc1ccc(C(=P)c2c(N)n[nH]c(=O)c2NCC2CCCN2)cc1. The van der Waals surface area contributed by atoms with Crippen LogP contribution in [0.1, 0.15) is 29.5 Å².